The maximum atomic E-state index is 13.5. The number of nitrogens with zero attached hydrogens (tertiary/aromatic N) is 1. The summed E-state index contributed by atoms with van der Waals surface area (Å²) in [5.41, 5.74) is 7.01. The van der Waals surface area contributed by atoms with E-state index < -0.39 is 0 Å². The Hall–Kier alpha value is -0.680. The van der Waals surface area contributed by atoms with Crippen LogP contribution in [0.4, 0.5) is 4.39 Å². The molecule has 0 spiro atoms. The van der Waals surface area contributed by atoms with Gasteiger partial charge >= 0.3 is 0 Å². The maximum Gasteiger partial charge on any atom is 0.142 e. The zero-order valence-electron chi connectivity index (χ0n) is 10.4. The van der Waals surface area contributed by atoms with Crippen LogP contribution in [-0.2, 0) is 4.74 Å². The molecule has 1 saturated heterocycles. The van der Waals surface area contributed by atoms with Gasteiger partial charge in [-0.3, -0.25) is 4.90 Å². The quantitative estimate of drug-likeness (QED) is 0.913. The van der Waals surface area contributed by atoms with E-state index >= 15 is 0 Å². The first-order valence-electron chi connectivity index (χ1n) is 6.07. The highest BCUT2D eigenvalue weighted by atomic mass is 35.5. The maximum absolute atomic E-state index is 13.5. The van der Waals surface area contributed by atoms with Gasteiger partial charge in [-0.1, -0.05) is 17.7 Å². The van der Waals surface area contributed by atoms with Crippen molar-refractivity contribution in [3.8, 4) is 0 Å². The van der Waals surface area contributed by atoms with Crippen molar-refractivity contribution in [3.05, 3.63) is 34.6 Å². The zero-order chi connectivity index (χ0) is 13.1. The van der Waals surface area contributed by atoms with Crippen LogP contribution in [0.5, 0.6) is 0 Å². The minimum absolute atomic E-state index is 0.0300. The van der Waals surface area contributed by atoms with Crippen LogP contribution in [0.2, 0.25) is 5.02 Å². The Kier molecular flexibility index (Phi) is 4.56. The number of halogens is 2. The van der Waals surface area contributed by atoms with Gasteiger partial charge in [0.15, 0.2) is 0 Å². The zero-order valence-corrected chi connectivity index (χ0v) is 11.2. The lowest BCUT2D eigenvalue weighted by Gasteiger charge is -2.27. The molecule has 1 fully saturated rings. The van der Waals surface area contributed by atoms with Crippen LogP contribution in [0, 0.1) is 5.82 Å². The lowest BCUT2D eigenvalue weighted by Crippen LogP contribution is -2.33. The largest absolute Gasteiger partial charge is 0.383 e. The number of ether oxygens (including phenoxy) is 1. The molecule has 2 rings (SSSR count). The molecule has 0 aliphatic carbocycles. The molecule has 18 heavy (non-hydrogen) atoms. The van der Waals surface area contributed by atoms with Crippen molar-refractivity contribution in [1.29, 1.82) is 0 Å². The summed E-state index contributed by atoms with van der Waals surface area (Å²) in [5, 5.41) is 0.147. The number of hydrogen-bond acceptors (Lipinski definition) is 3. The molecule has 0 amide bonds. The van der Waals surface area contributed by atoms with Crippen LogP contribution >= 0.6 is 11.6 Å². The van der Waals surface area contributed by atoms with E-state index in [9.17, 15) is 4.39 Å². The molecule has 1 aromatic rings. The molecule has 1 aliphatic rings. The number of likely N-dealkylation sites (tertiary alicyclic amines) is 1. The Bertz CT molecular complexity index is 416. The number of benzene rings is 1. The normalized spacial score (nSPS) is 24.7. The molecule has 0 saturated carbocycles. The van der Waals surface area contributed by atoms with Crippen LogP contribution in [0.1, 0.15) is 18.0 Å². The first-order valence-corrected chi connectivity index (χ1v) is 6.45. The van der Waals surface area contributed by atoms with E-state index in [2.05, 4.69) is 4.90 Å². The molecule has 2 atom stereocenters. The minimum Gasteiger partial charge on any atom is -0.383 e. The summed E-state index contributed by atoms with van der Waals surface area (Å²) in [4.78, 5) is 2.23. The van der Waals surface area contributed by atoms with E-state index in [4.69, 9.17) is 22.1 Å². The molecule has 2 N–H and O–H groups in total. The van der Waals surface area contributed by atoms with E-state index in [0.29, 0.717) is 6.61 Å². The fraction of sp³-hybridized carbons (Fsp3) is 0.538. The molecule has 5 heteroatoms. The van der Waals surface area contributed by atoms with E-state index in [-0.39, 0.29) is 22.9 Å². The molecule has 1 aromatic carbocycles. The summed E-state index contributed by atoms with van der Waals surface area (Å²) in [6, 6.07) is 5.00. The predicted molar refractivity (Wildman–Crippen MR) is 70.2 cm³/mol. The Morgan fingerprint density at radius 3 is 3.00 bits per heavy atom. The van der Waals surface area contributed by atoms with Crippen molar-refractivity contribution in [1.82, 2.24) is 4.90 Å². The van der Waals surface area contributed by atoms with Gasteiger partial charge in [-0.25, -0.2) is 4.39 Å². The molecule has 1 heterocycles. The summed E-state index contributed by atoms with van der Waals surface area (Å²) in [5.74, 6) is -0.389. The Balaban J connectivity index is 2.19. The SMILES string of the molecule is COCCN1CC[C@@H](N)[C@@H]1c1ccc(Cl)c(F)c1. The van der Waals surface area contributed by atoms with E-state index in [1.54, 1.807) is 13.2 Å². The van der Waals surface area contributed by atoms with Crippen molar-refractivity contribution in [2.45, 2.75) is 18.5 Å². The van der Waals surface area contributed by atoms with Gasteiger partial charge in [0.2, 0.25) is 0 Å². The van der Waals surface area contributed by atoms with Crippen LogP contribution in [-0.4, -0.2) is 37.7 Å². The average molecular weight is 273 g/mol. The lowest BCUT2D eigenvalue weighted by atomic mass is 10.0. The topological polar surface area (TPSA) is 38.5 Å². The molecular weight excluding hydrogens is 255 g/mol. The predicted octanol–water partition coefficient (Wildman–Crippen LogP) is 2.20. The van der Waals surface area contributed by atoms with Crippen molar-refractivity contribution in [3.63, 3.8) is 0 Å². The molecular formula is C13H18ClFN2O. The standard InChI is InChI=1S/C13H18ClFN2O/c1-18-7-6-17-5-4-12(16)13(17)9-2-3-10(14)11(15)8-9/h2-3,8,12-13H,4-7,16H2,1H3/t12-,13+/m1/s1. The fourth-order valence-corrected chi connectivity index (χ4v) is 2.61. The Labute approximate surface area is 112 Å². The monoisotopic (exact) mass is 272 g/mol. The number of methoxy groups -OCH3 is 1. The summed E-state index contributed by atoms with van der Waals surface area (Å²) in [7, 11) is 1.67. The van der Waals surface area contributed by atoms with Crippen LogP contribution in [0.15, 0.2) is 18.2 Å². The lowest BCUT2D eigenvalue weighted by molar-refractivity contribution is 0.139. The van der Waals surface area contributed by atoms with Crippen molar-refractivity contribution in [2.75, 3.05) is 26.8 Å². The fourth-order valence-electron chi connectivity index (χ4n) is 2.50. The van der Waals surface area contributed by atoms with Crippen LogP contribution < -0.4 is 5.73 Å². The van der Waals surface area contributed by atoms with Crippen LogP contribution in [0.3, 0.4) is 0 Å². The molecule has 0 radical (unpaired) electrons. The molecule has 0 bridgehead atoms. The smallest absolute Gasteiger partial charge is 0.142 e. The van der Waals surface area contributed by atoms with Gasteiger partial charge in [-0.05, 0) is 24.1 Å². The van der Waals surface area contributed by atoms with E-state index in [0.717, 1.165) is 25.1 Å². The molecule has 1 aliphatic heterocycles. The first-order chi connectivity index (χ1) is 8.63. The van der Waals surface area contributed by atoms with E-state index in [1.165, 1.54) is 6.07 Å². The highest BCUT2D eigenvalue weighted by molar-refractivity contribution is 6.30. The summed E-state index contributed by atoms with van der Waals surface area (Å²) < 4.78 is 18.6. The van der Waals surface area contributed by atoms with Gasteiger partial charge in [-0.2, -0.15) is 0 Å². The second-order valence-corrected chi connectivity index (χ2v) is 5.01. The third-order valence-electron chi connectivity index (χ3n) is 3.42. The number of hydrogen-bond donors (Lipinski definition) is 1. The van der Waals surface area contributed by atoms with Crippen molar-refractivity contribution < 1.29 is 9.13 Å². The molecule has 0 unspecified atom stereocenters. The number of nitrogens with two attached hydrogens (primary N) is 1. The Morgan fingerprint density at radius 1 is 1.56 bits per heavy atom. The van der Waals surface area contributed by atoms with Gasteiger partial charge in [-0.15, -0.1) is 0 Å². The average Bonchev–Trinajstić information content (AvgIpc) is 2.71. The summed E-state index contributed by atoms with van der Waals surface area (Å²) in [6.45, 7) is 2.37. The van der Waals surface area contributed by atoms with Gasteiger partial charge in [0.1, 0.15) is 5.82 Å². The second-order valence-electron chi connectivity index (χ2n) is 4.60. The van der Waals surface area contributed by atoms with Crippen molar-refractivity contribution >= 4 is 11.6 Å². The van der Waals surface area contributed by atoms with Gasteiger partial charge in [0.25, 0.3) is 0 Å². The van der Waals surface area contributed by atoms with Gasteiger partial charge in [0.05, 0.1) is 17.7 Å². The molecule has 3 nitrogen and oxygen atoms in total. The highest BCUT2D eigenvalue weighted by Gasteiger charge is 2.32. The van der Waals surface area contributed by atoms with Crippen LogP contribution in [0.25, 0.3) is 0 Å². The van der Waals surface area contributed by atoms with Crippen molar-refractivity contribution in [2.24, 2.45) is 5.73 Å². The second kappa shape index (κ2) is 5.97. The van der Waals surface area contributed by atoms with Gasteiger partial charge < -0.3 is 10.5 Å². The third-order valence-corrected chi connectivity index (χ3v) is 3.72. The first kappa shape index (κ1) is 13.7. The third kappa shape index (κ3) is 2.83. The van der Waals surface area contributed by atoms with Gasteiger partial charge in [0, 0.05) is 26.2 Å². The highest BCUT2D eigenvalue weighted by Crippen LogP contribution is 2.32. The Morgan fingerprint density at radius 2 is 2.33 bits per heavy atom. The summed E-state index contributed by atoms with van der Waals surface area (Å²) >= 11 is 5.70. The number of rotatable bonds is 4. The molecule has 100 valence electrons. The van der Waals surface area contributed by atoms with E-state index in [1.807, 2.05) is 6.07 Å². The minimum atomic E-state index is -0.389. The summed E-state index contributed by atoms with van der Waals surface area (Å²) in [6.07, 6.45) is 0.915. The molecule has 0 aromatic heterocycles.